The second-order valence-corrected chi connectivity index (χ2v) is 2.29. The first-order valence-electron chi connectivity index (χ1n) is 3.65. The fraction of sp³-hybridized carbons (Fsp3) is 0.250. The third kappa shape index (κ3) is 2.57. The zero-order valence-corrected chi connectivity index (χ0v) is 6.86. The lowest BCUT2D eigenvalue weighted by molar-refractivity contribution is 0.472. The summed E-state index contributed by atoms with van der Waals surface area (Å²) < 4.78 is 0. The van der Waals surface area contributed by atoms with Crippen LogP contribution in [0.15, 0.2) is 24.6 Å². The van der Waals surface area contributed by atoms with Gasteiger partial charge in [0.15, 0.2) is 0 Å². The second-order valence-electron chi connectivity index (χ2n) is 2.29. The van der Waals surface area contributed by atoms with Crippen LogP contribution in [-0.2, 0) is 0 Å². The van der Waals surface area contributed by atoms with E-state index in [1.54, 1.807) is 12.3 Å². The molecule has 0 aliphatic heterocycles. The lowest BCUT2D eigenvalue weighted by Gasteiger charge is -2.00. The van der Waals surface area contributed by atoms with Crippen molar-refractivity contribution in [3.8, 4) is 0 Å². The molecule has 4 heteroatoms. The molecule has 0 atom stereocenters. The molecule has 0 aliphatic rings. The molecule has 64 valence electrons. The third-order valence-corrected chi connectivity index (χ3v) is 1.28. The van der Waals surface area contributed by atoms with Crippen molar-refractivity contribution in [2.24, 2.45) is 0 Å². The zero-order chi connectivity index (χ0) is 8.81. The summed E-state index contributed by atoms with van der Waals surface area (Å²) in [5.41, 5.74) is 0.917. The van der Waals surface area contributed by atoms with Crippen molar-refractivity contribution in [3.05, 3.63) is 30.3 Å². The van der Waals surface area contributed by atoms with Crippen LogP contribution in [-0.4, -0.2) is 21.6 Å². The predicted octanol–water partition coefficient (Wildman–Crippen LogP) is 1.27. The number of nitrogens with one attached hydrogen (secondary N) is 1. The van der Waals surface area contributed by atoms with Gasteiger partial charge in [-0.2, -0.15) is 0 Å². The van der Waals surface area contributed by atoms with Crippen LogP contribution in [0.3, 0.4) is 0 Å². The van der Waals surface area contributed by atoms with Crippen molar-refractivity contribution in [1.29, 1.82) is 0 Å². The molecule has 1 heterocycles. The average Bonchev–Trinajstić information content (AvgIpc) is 2.05. The standard InChI is InChI=1S/C8H11N3O/c1-7-3-5-10-8(11-7)9-4-2-6-12/h2-3,5-6,12H,4H2,1H3,(H,9,10,11)/b6-2-. The molecule has 0 fully saturated rings. The molecule has 1 aromatic rings. The minimum absolute atomic E-state index is 0.528. The van der Waals surface area contributed by atoms with Gasteiger partial charge in [-0.3, -0.25) is 0 Å². The maximum atomic E-state index is 8.34. The van der Waals surface area contributed by atoms with Crippen molar-refractivity contribution >= 4 is 5.95 Å². The van der Waals surface area contributed by atoms with Crippen LogP contribution >= 0.6 is 0 Å². The number of aromatic nitrogens is 2. The van der Waals surface area contributed by atoms with Gasteiger partial charge in [0.05, 0.1) is 6.26 Å². The summed E-state index contributed by atoms with van der Waals surface area (Å²) in [6, 6.07) is 1.83. The van der Waals surface area contributed by atoms with Crippen LogP contribution in [0, 0.1) is 6.92 Å². The molecule has 1 aromatic heterocycles. The van der Waals surface area contributed by atoms with E-state index in [1.807, 2.05) is 13.0 Å². The zero-order valence-electron chi connectivity index (χ0n) is 6.86. The van der Waals surface area contributed by atoms with Gasteiger partial charge >= 0.3 is 0 Å². The first-order valence-corrected chi connectivity index (χ1v) is 3.65. The minimum Gasteiger partial charge on any atom is -0.516 e. The Bertz CT molecular complexity index is 273. The monoisotopic (exact) mass is 165 g/mol. The summed E-state index contributed by atoms with van der Waals surface area (Å²) >= 11 is 0. The summed E-state index contributed by atoms with van der Waals surface area (Å²) in [5, 5.41) is 11.3. The third-order valence-electron chi connectivity index (χ3n) is 1.28. The lowest BCUT2D eigenvalue weighted by Crippen LogP contribution is -2.03. The molecule has 0 spiro atoms. The number of rotatable bonds is 3. The number of anilines is 1. The van der Waals surface area contributed by atoms with E-state index >= 15 is 0 Å². The molecule has 12 heavy (non-hydrogen) atoms. The number of hydrogen-bond acceptors (Lipinski definition) is 4. The molecule has 0 saturated heterocycles. The Labute approximate surface area is 71.0 Å². The van der Waals surface area contributed by atoms with Gasteiger partial charge in [-0.15, -0.1) is 0 Å². The topological polar surface area (TPSA) is 58.0 Å². The fourth-order valence-electron chi connectivity index (χ4n) is 0.737. The number of aliphatic hydroxyl groups is 1. The Kier molecular flexibility index (Phi) is 3.07. The molecule has 4 nitrogen and oxygen atoms in total. The molecule has 0 aliphatic carbocycles. The van der Waals surface area contributed by atoms with Crippen molar-refractivity contribution in [3.63, 3.8) is 0 Å². The average molecular weight is 165 g/mol. The second kappa shape index (κ2) is 4.33. The first-order chi connectivity index (χ1) is 5.83. The summed E-state index contributed by atoms with van der Waals surface area (Å²) in [5.74, 6) is 0.577. The predicted molar refractivity (Wildman–Crippen MR) is 47.0 cm³/mol. The summed E-state index contributed by atoms with van der Waals surface area (Å²) in [4.78, 5) is 8.08. The summed E-state index contributed by atoms with van der Waals surface area (Å²) in [6.45, 7) is 2.43. The van der Waals surface area contributed by atoms with Crippen LogP contribution in [0.25, 0.3) is 0 Å². The van der Waals surface area contributed by atoms with Crippen molar-refractivity contribution in [2.45, 2.75) is 6.92 Å². The molecule has 0 unspecified atom stereocenters. The highest BCUT2D eigenvalue weighted by Crippen LogP contribution is 1.97. The minimum atomic E-state index is 0.528. The van der Waals surface area contributed by atoms with E-state index in [2.05, 4.69) is 15.3 Å². The van der Waals surface area contributed by atoms with E-state index in [0.29, 0.717) is 12.5 Å². The molecule has 0 radical (unpaired) electrons. The SMILES string of the molecule is Cc1ccnc(NC/C=C\O)n1. The van der Waals surface area contributed by atoms with Crippen molar-refractivity contribution in [2.75, 3.05) is 11.9 Å². The van der Waals surface area contributed by atoms with Gasteiger partial charge in [0.2, 0.25) is 5.95 Å². The normalized spacial score (nSPS) is 10.4. The van der Waals surface area contributed by atoms with Gasteiger partial charge < -0.3 is 10.4 Å². The highest BCUT2D eigenvalue weighted by molar-refractivity contribution is 5.25. The fourth-order valence-corrected chi connectivity index (χ4v) is 0.737. The maximum Gasteiger partial charge on any atom is 0.223 e. The number of aliphatic hydroxyl groups excluding tert-OH is 1. The molecule has 0 aromatic carbocycles. The van der Waals surface area contributed by atoms with Gasteiger partial charge in [0, 0.05) is 18.4 Å². The van der Waals surface area contributed by atoms with E-state index in [1.165, 1.54) is 0 Å². The van der Waals surface area contributed by atoms with Crippen molar-refractivity contribution < 1.29 is 5.11 Å². The number of aryl methyl sites for hydroxylation is 1. The molecule has 1 rings (SSSR count). The van der Waals surface area contributed by atoms with Gasteiger partial charge in [-0.05, 0) is 19.1 Å². The van der Waals surface area contributed by atoms with Crippen LogP contribution < -0.4 is 5.32 Å². The molecular weight excluding hydrogens is 154 g/mol. The smallest absolute Gasteiger partial charge is 0.223 e. The van der Waals surface area contributed by atoms with Crippen LogP contribution in [0.1, 0.15) is 5.69 Å². The molecule has 0 saturated carbocycles. The van der Waals surface area contributed by atoms with Crippen LogP contribution in [0.5, 0.6) is 0 Å². The quantitative estimate of drug-likeness (QED) is 0.662. The molecule has 0 bridgehead atoms. The summed E-state index contributed by atoms with van der Waals surface area (Å²) in [7, 11) is 0. The number of nitrogens with zero attached hydrogens (tertiary/aromatic N) is 2. The van der Waals surface area contributed by atoms with Gasteiger partial charge in [-0.25, -0.2) is 9.97 Å². The largest absolute Gasteiger partial charge is 0.516 e. The first kappa shape index (κ1) is 8.52. The van der Waals surface area contributed by atoms with E-state index in [4.69, 9.17) is 5.11 Å². The van der Waals surface area contributed by atoms with E-state index in [9.17, 15) is 0 Å². The van der Waals surface area contributed by atoms with Gasteiger partial charge in [-0.1, -0.05) is 0 Å². The summed E-state index contributed by atoms with van der Waals surface area (Å²) in [6.07, 6.45) is 4.25. The van der Waals surface area contributed by atoms with E-state index < -0.39 is 0 Å². The van der Waals surface area contributed by atoms with Gasteiger partial charge in [0.1, 0.15) is 0 Å². The highest BCUT2D eigenvalue weighted by atomic mass is 16.2. The van der Waals surface area contributed by atoms with Crippen LogP contribution in [0.4, 0.5) is 5.95 Å². The number of hydrogen-bond donors (Lipinski definition) is 2. The lowest BCUT2D eigenvalue weighted by atomic mass is 10.5. The Morgan fingerprint density at radius 3 is 3.17 bits per heavy atom. The molecule has 0 amide bonds. The Morgan fingerprint density at radius 1 is 1.67 bits per heavy atom. The van der Waals surface area contributed by atoms with Crippen molar-refractivity contribution in [1.82, 2.24) is 9.97 Å². The Hall–Kier alpha value is -1.58. The highest BCUT2D eigenvalue weighted by Gasteiger charge is 1.91. The Morgan fingerprint density at radius 2 is 2.50 bits per heavy atom. The molecule has 2 N–H and O–H groups in total. The maximum absolute atomic E-state index is 8.34. The van der Waals surface area contributed by atoms with Crippen LogP contribution in [0.2, 0.25) is 0 Å². The van der Waals surface area contributed by atoms with Gasteiger partial charge in [0.25, 0.3) is 0 Å². The molecular formula is C8H11N3O. The van der Waals surface area contributed by atoms with E-state index in [-0.39, 0.29) is 0 Å². The Balaban J connectivity index is 2.52. The van der Waals surface area contributed by atoms with E-state index in [0.717, 1.165) is 12.0 Å².